The van der Waals surface area contributed by atoms with Crippen molar-refractivity contribution in [1.29, 1.82) is 0 Å². The van der Waals surface area contributed by atoms with E-state index in [1.807, 2.05) is 49.4 Å². The minimum atomic E-state index is -0.129. The lowest BCUT2D eigenvalue weighted by atomic mass is 10.0. The quantitative estimate of drug-likeness (QED) is 0.495. The Morgan fingerprint density at radius 3 is 2.26 bits per heavy atom. The molecule has 0 radical (unpaired) electrons. The molecule has 4 rings (SSSR count). The molecule has 0 aliphatic rings. The molecular weight excluding hydrogens is 352 g/mol. The van der Waals surface area contributed by atoms with Crippen LogP contribution in [0.4, 0.5) is 5.13 Å². The highest BCUT2D eigenvalue weighted by Crippen LogP contribution is 2.31. The van der Waals surface area contributed by atoms with Gasteiger partial charge >= 0.3 is 0 Å². The van der Waals surface area contributed by atoms with Gasteiger partial charge in [-0.25, -0.2) is 4.98 Å². The summed E-state index contributed by atoms with van der Waals surface area (Å²) < 4.78 is 1.13. The van der Waals surface area contributed by atoms with Crippen LogP contribution in [0.1, 0.15) is 32.6 Å². The fourth-order valence-electron chi connectivity index (χ4n) is 3.09. The van der Waals surface area contributed by atoms with E-state index in [0.717, 1.165) is 22.2 Å². The van der Waals surface area contributed by atoms with E-state index in [1.54, 1.807) is 0 Å². The number of carbonyl (C=O) groups is 1. The van der Waals surface area contributed by atoms with E-state index in [1.165, 1.54) is 28.0 Å². The first-order valence-corrected chi connectivity index (χ1v) is 9.73. The van der Waals surface area contributed by atoms with Gasteiger partial charge in [-0.2, -0.15) is 0 Å². The number of nitrogens with one attached hydrogen (secondary N) is 1. The number of anilines is 1. The molecule has 0 aliphatic heterocycles. The molecular formula is C23H20N2OS. The maximum Gasteiger partial charge on any atom is 0.257 e. The molecule has 1 heterocycles. The third-order valence-corrected chi connectivity index (χ3v) is 5.74. The summed E-state index contributed by atoms with van der Waals surface area (Å²) in [5.74, 6) is -0.129. The Balaban J connectivity index is 1.50. The van der Waals surface area contributed by atoms with Gasteiger partial charge in [0.2, 0.25) is 0 Å². The van der Waals surface area contributed by atoms with Crippen molar-refractivity contribution in [2.75, 3.05) is 5.32 Å². The van der Waals surface area contributed by atoms with Crippen LogP contribution < -0.4 is 5.32 Å². The third-order valence-electron chi connectivity index (χ3n) is 4.63. The van der Waals surface area contributed by atoms with Crippen LogP contribution in [0.3, 0.4) is 0 Å². The number of fused-ring (bicyclic) bond motifs is 1. The van der Waals surface area contributed by atoms with Crippen LogP contribution in [0.2, 0.25) is 0 Å². The van der Waals surface area contributed by atoms with Crippen molar-refractivity contribution < 1.29 is 4.79 Å². The van der Waals surface area contributed by atoms with Crippen LogP contribution in [-0.2, 0) is 6.42 Å². The molecule has 0 aliphatic carbocycles. The average molecular weight is 372 g/mol. The van der Waals surface area contributed by atoms with E-state index < -0.39 is 0 Å². The van der Waals surface area contributed by atoms with E-state index in [2.05, 4.69) is 41.5 Å². The molecule has 0 spiro atoms. The number of thiazole rings is 1. The molecule has 0 unspecified atom stereocenters. The first kappa shape index (κ1) is 17.4. The van der Waals surface area contributed by atoms with Gasteiger partial charge in [0.05, 0.1) is 10.2 Å². The lowest BCUT2D eigenvalue weighted by molar-refractivity contribution is 0.102. The number of hydrogen-bond donors (Lipinski definition) is 1. The topological polar surface area (TPSA) is 42.0 Å². The van der Waals surface area contributed by atoms with E-state index in [0.29, 0.717) is 10.7 Å². The Kier molecular flexibility index (Phi) is 4.73. The number of rotatable bonds is 4. The average Bonchev–Trinajstić information content (AvgIpc) is 3.11. The molecule has 1 N–H and O–H groups in total. The highest BCUT2D eigenvalue weighted by Gasteiger charge is 2.12. The van der Waals surface area contributed by atoms with Gasteiger partial charge in [0.25, 0.3) is 5.91 Å². The van der Waals surface area contributed by atoms with Gasteiger partial charge in [0.15, 0.2) is 5.13 Å². The largest absolute Gasteiger partial charge is 0.298 e. The first-order valence-electron chi connectivity index (χ1n) is 8.91. The molecule has 4 aromatic rings. The van der Waals surface area contributed by atoms with Crippen molar-refractivity contribution in [2.24, 2.45) is 0 Å². The summed E-state index contributed by atoms with van der Waals surface area (Å²) in [4.78, 5) is 17.2. The molecule has 3 nitrogen and oxygen atoms in total. The zero-order chi connectivity index (χ0) is 18.8. The number of aryl methyl sites for hydroxylation is 2. The summed E-state index contributed by atoms with van der Waals surface area (Å²) in [5.41, 5.74) is 6.35. The van der Waals surface area contributed by atoms with Crippen molar-refractivity contribution in [2.45, 2.75) is 20.3 Å². The van der Waals surface area contributed by atoms with Gasteiger partial charge < -0.3 is 0 Å². The van der Waals surface area contributed by atoms with Gasteiger partial charge in [-0.05, 0) is 54.7 Å². The van der Waals surface area contributed by atoms with Gasteiger partial charge in [0, 0.05) is 5.56 Å². The fraction of sp³-hybridized carbons (Fsp3) is 0.130. The van der Waals surface area contributed by atoms with Gasteiger partial charge in [0.1, 0.15) is 0 Å². The van der Waals surface area contributed by atoms with Crippen molar-refractivity contribution in [1.82, 2.24) is 4.98 Å². The Morgan fingerprint density at radius 2 is 1.56 bits per heavy atom. The first-order chi connectivity index (χ1) is 13.1. The van der Waals surface area contributed by atoms with Crippen LogP contribution in [0.15, 0.2) is 66.7 Å². The number of benzene rings is 3. The van der Waals surface area contributed by atoms with E-state index in [-0.39, 0.29) is 5.91 Å². The zero-order valence-electron chi connectivity index (χ0n) is 15.3. The van der Waals surface area contributed by atoms with Crippen molar-refractivity contribution >= 4 is 32.6 Å². The van der Waals surface area contributed by atoms with Crippen molar-refractivity contribution in [3.63, 3.8) is 0 Å². The SMILES string of the molecule is Cc1ccc(C)c2sc(NC(=O)c3ccc(Cc4ccccc4)cc3)nc12. The fourth-order valence-corrected chi connectivity index (χ4v) is 4.09. The number of hydrogen-bond acceptors (Lipinski definition) is 3. The Labute approximate surface area is 162 Å². The normalized spacial score (nSPS) is 10.9. The Bertz CT molecular complexity index is 1060. The molecule has 0 fully saturated rings. The van der Waals surface area contributed by atoms with E-state index in [4.69, 9.17) is 0 Å². The summed E-state index contributed by atoms with van der Waals surface area (Å²) in [6.07, 6.45) is 0.860. The molecule has 0 saturated carbocycles. The molecule has 0 bridgehead atoms. The molecule has 0 atom stereocenters. The lowest BCUT2D eigenvalue weighted by Gasteiger charge is -2.05. The highest BCUT2D eigenvalue weighted by molar-refractivity contribution is 7.22. The third kappa shape index (κ3) is 3.76. The lowest BCUT2D eigenvalue weighted by Crippen LogP contribution is -2.11. The highest BCUT2D eigenvalue weighted by atomic mass is 32.1. The predicted molar refractivity (Wildman–Crippen MR) is 113 cm³/mol. The van der Waals surface area contributed by atoms with Crippen LogP contribution >= 0.6 is 11.3 Å². The second kappa shape index (κ2) is 7.33. The second-order valence-corrected chi connectivity index (χ2v) is 7.71. The molecule has 27 heavy (non-hydrogen) atoms. The van der Waals surface area contributed by atoms with Crippen molar-refractivity contribution in [3.05, 3.63) is 94.5 Å². The monoisotopic (exact) mass is 372 g/mol. The predicted octanol–water partition coefficient (Wildman–Crippen LogP) is 5.76. The van der Waals surface area contributed by atoms with Gasteiger partial charge in [-0.1, -0.05) is 65.9 Å². The summed E-state index contributed by atoms with van der Waals surface area (Å²) in [6.45, 7) is 4.11. The summed E-state index contributed by atoms with van der Waals surface area (Å²) in [6, 6.07) is 22.2. The van der Waals surface area contributed by atoms with Crippen LogP contribution in [0.5, 0.6) is 0 Å². The maximum atomic E-state index is 12.6. The summed E-state index contributed by atoms with van der Waals surface area (Å²) in [7, 11) is 0. The minimum absolute atomic E-state index is 0.129. The number of carbonyl (C=O) groups excluding carboxylic acids is 1. The van der Waals surface area contributed by atoms with E-state index in [9.17, 15) is 4.79 Å². The molecule has 1 amide bonds. The number of aromatic nitrogens is 1. The van der Waals surface area contributed by atoms with Crippen molar-refractivity contribution in [3.8, 4) is 0 Å². The zero-order valence-corrected chi connectivity index (χ0v) is 16.1. The number of nitrogens with zero attached hydrogens (tertiary/aromatic N) is 1. The van der Waals surface area contributed by atoms with Gasteiger partial charge in [-0.15, -0.1) is 0 Å². The molecule has 0 saturated heterocycles. The van der Waals surface area contributed by atoms with Crippen LogP contribution in [0.25, 0.3) is 10.2 Å². The van der Waals surface area contributed by atoms with Crippen LogP contribution in [0, 0.1) is 13.8 Å². The Morgan fingerprint density at radius 1 is 0.889 bits per heavy atom. The molecule has 3 aromatic carbocycles. The van der Waals surface area contributed by atoms with Crippen LogP contribution in [-0.4, -0.2) is 10.9 Å². The maximum absolute atomic E-state index is 12.6. The second-order valence-electron chi connectivity index (χ2n) is 6.71. The molecule has 1 aromatic heterocycles. The summed E-state index contributed by atoms with van der Waals surface area (Å²) in [5, 5.41) is 3.58. The Hall–Kier alpha value is -2.98. The standard InChI is InChI=1S/C23H20N2OS/c1-15-8-9-16(2)21-20(15)24-23(27-21)25-22(26)19-12-10-18(11-13-19)14-17-6-4-3-5-7-17/h3-13H,14H2,1-2H3,(H,24,25,26). The molecule has 4 heteroatoms. The smallest absolute Gasteiger partial charge is 0.257 e. The van der Waals surface area contributed by atoms with E-state index >= 15 is 0 Å². The van der Waals surface area contributed by atoms with Gasteiger partial charge in [-0.3, -0.25) is 10.1 Å². The minimum Gasteiger partial charge on any atom is -0.298 e. The molecule has 134 valence electrons. The number of amides is 1. The summed E-state index contributed by atoms with van der Waals surface area (Å²) >= 11 is 1.52.